The number of amides is 2. The van der Waals surface area contributed by atoms with Crippen LogP contribution in [0.4, 0.5) is 4.79 Å². The highest BCUT2D eigenvalue weighted by molar-refractivity contribution is 8.15. The van der Waals surface area contributed by atoms with Crippen molar-refractivity contribution in [3.8, 4) is 0 Å². The number of aromatic nitrogens is 3. The molecule has 1 aliphatic rings. The SMILES string of the molecule is O=C1NC(=O)C(Cc2cnc3cc(Cn4ccnc4)ccc3c2)S1. The highest BCUT2D eigenvalue weighted by Gasteiger charge is 2.31. The van der Waals surface area contributed by atoms with Crippen molar-refractivity contribution in [1.82, 2.24) is 19.9 Å². The lowest BCUT2D eigenvalue weighted by Gasteiger charge is -2.08. The van der Waals surface area contributed by atoms with Crippen LogP contribution in [-0.2, 0) is 17.8 Å². The number of hydrogen-bond acceptors (Lipinski definition) is 5. The normalized spacial score (nSPS) is 17.4. The van der Waals surface area contributed by atoms with E-state index in [9.17, 15) is 9.59 Å². The molecule has 2 amide bonds. The summed E-state index contributed by atoms with van der Waals surface area (Å²) in [5.41, 5.74) is 3.01. The predicted molar refractivity (Wildman–Crippen MR) is 91.7 cm³/mol. The van der Waals surface area contributed by atoms with Gasteiger partial charge in [0.1, 0.15) is 0 Å². The van der Waals surface area contributed by atoms with Crippen LogP contribution in [0.1, 0.15) is 11.1 Å². The third-order valence-electron chi connectivity index (χ3n) is 3.92. The van der Waals surface area contributed by atoms with Gasteiger partial charge in [0.15, 0.2) is 0 Å². The molecular weight excluding hydrogens is 324 g/mol. The molecule has 3 aromatic rings. The van der Waals surface area contributed by atoms with Gasteiger partial charge in [0.25, 0.3) is 5.24 Å². The molecule has 1 atom stereocenters. The molecule has 1 unspecified atom stereocenters. The largest absolute Gasteiger partial charge is 0.333 e. The number of benzene rings is 1. The van der Waals surface area contributed by atoms with E-state index >= 15 is 0 Å². The summed E-state index contributed by atoms with van der Waals surface area (Å²) >= 11 is 1.04. The van der Waals surface area contributed by atoms with E-state index in [1.54, 1.807) is 18.7 Å². The Hall–Kier alpha value is -2.67. The second kappa shape index (κ2) is 6.09. The average molecular weight is 338 g/mol. The van der Waals surface area contributed by atoms with Crippen molar-refractivity contribution < 1.29 is 9.59 Å². The van der Waals surface area contributed by atoms with Gasteiger partial charge in [-0.1, -0.05) is 23.9 Å². The molecule has 6 nitrogen and oxygen atoms in total. The second-order valence-corrected chi connectivity index (χ2v) is 6.87. The lowest BCUT2D eigenvalue weighted by atomic mass is 10.1. The van der Waals surface area contributed by atoms with Crippen LogP contribution >= 0.6 is 11.8 Å². The molecule has 1 saturated heterocycles. The maximum Gasteiger partial charge on any atom is 0.286 e. The summed E-state index contributed by atoms with van der Waals surface area (Å²) in [6, 6.07) is 8.18. The summed E-state index contributed by atoms with van der Waals surface area (Å²) in [5.74, 6) is -0.222. The Balaban J connectivity index is 1.55. The number of nitrogens with zero attached hydrogens (tertiary/aromatic N) is 3. The highest BCUT2D eigenvalue weighted by atomic mass is 32.2. The van der Waals surface area contributed by atoms with Crippen molar-refractivity contribution in [3.63, 3.8) is 0 Å². The van der Waals surface area contributed by atoms with Crippen molar-refractivity contribution in [2.75, 3.05) is 0 Å². The molecule has 0 saturated carbocycles. The molecule has 1 N–H and O–H groups in total. The van der Waals surface area contributed by atoms with Crippen molar-refractivity contribution in [1.29, 1.82) is 0 Å². The fourth-order valence-electron chi connectivity index (χ4n) is 2.76. The Bertz CT molecular complexity index is 923. The Morgan fingerprint density at radius 2 is 2.12 bits per heavy atom. The molecule has 0 radical (unpaired) electrons. The molecule has 4 rings (SSSR count). The van der Waals surface area contributed by atoms with Crippen LogP contribution in [0.5, 0.6) is 0 Å². The topological polar surface area (TPSA) is 76.9 Å². The van der Waals surface area contributed by atoms with Gasteiger partial charge in [-0.05, 0) is 29.7 Å². The van der Waals surface area contributed by atoms with Crippen LogP contribution in [0, 0.1) is 0 Å². The first-order valence-electron chi connectivity index (χ1n) is 7.52. The van der Waals surface area contributed by atoms with Gasteiger partial charge in [0.2, 0.25) is 5.91 Å². The van der Waals surface area contributed by atoms with Crippen LogP contribution < -0.4 is 5.32 Å². The van der Waals surface area contributed by atoms with E-state index in [0.29, 0.717) is 6.42 Å². The monoisotopic (exact) mass is 338 g/mol. The molecule has 0 aliphatic carbocycles. The number of pyridine rings is 1. The zero-order valence-corrected chi connectivity index (χ0v) is 13.5. The number of hydrogen-bond donors (Lipinski definition) is 1. The third kappa shape index (κ3) is 3.03. The van der Waals surface area contributed by atoms with Crippen LogP contribution in [0.15, 0.2) is 49.2 Å². The summed E-state index contributed by atoms with van der Waals surface area (Å²) in [6.07, 6.45) is 7.74. The zero-order chi connectivity index (χ0) is 16.5. The number of imide groups is 1. The molecule has 24 heavy (non-hydrogen) atoms. The molecule has 1 aromatic carbocycles. The summed E-state index contributed by atoms with van der Waals surface area (Å²) < 4.78 is 2.00. The summed E-state index contributed by atoms with van der Waals surface area (Å²) in [6.45, 7) is 0.750. The molecule has 1 fully saturated rings. The minimum atomic E-state index is -0.364. The number of nitrogens with one attached hydrogen (secondary N) is 1. The third-order valence-corrected chi connectivity index (χ3v) is 4.90. The standard InChI is InChI=1S/C17H14N4O2S/c22-16-15(24-17(23)20-16)7-12-5-13-2-1-11(6-14(13)19-8-12)9-21-4-3-18-10-21/h1-6,8,10,15H,7,9H2,(H,20,22,23). The van der Waals surface area contributed by atoms with E-state index < -0.39 is 0 Å². The maximum atomic E-state index is 11.7. The lowest BCUT2D eigenvalue weighted by Crippen LogP contribution is -2.25. The first-order chi connectivity index (χ1) is 11.7. The Morgan fingerprint density at radius 3 is 2.88 bits per heavy atom. The van der Waals surface area contributed by atoms with Crippen molar-refractivity contribution in [2.24, 2.45) is 0 Å². The number of carbonyl (C=O) groups excluding carboxylic acids is 2. The number of thioether (sulfide) groups is 1. The Labute approximate surface area is 142 Å². The molecule has 120 valence electrons. The number of rotatable bonds is 4. The first kappa shape index (κ1) is 14.9. The second-order valence-electron chi connectivity index (χ2n) is 5.69. The van der Waals surface area contributed by atoms with Gasteiger partial charge in [-0.25, -0.2) is 4.98 Å². The van der Waals surface area contributed by atoms with E-state index in [0.717, 1.165) is 40.3 Å². The first-order valence-corrected chi connectivity index (χ1v) is 8.40. The van der Waals surface area contributed by atoms with Gasteiger partial charge >= 0.3 is 0 Å². The Morgan fingerprint density at radius 1 is 1.21 bits per heavy atom. The molecule has 7 heteroatoms. The zero-order valence-electron chi connectivity index (χ0n) is 12.7. The molecule has 3 heterocycles. The van der Waals surface area contributed by atoms with Gasteiger partial charge in [-0.2, -0.15) is 0 Å². The van der Waals surface area contributed by atoms with E-state index in [2.05, 4.69) is 27.4 Å². The van der Waals surface area contributed by atoms with Crippen LogP contribution in [0.3, 0.4) is 0 Å². The van der Waals surface area contributed by atoms with Gasteiger partial charge in [0, 0.05) is 30.5 Å². The fourth-order valence-corrected chi connectivity index (χ4v) is 3.62. The fraction of sp³-hybridized carbons (Fsp3) is 0.176. The Kier molecular flexibility index (Phi) is 3.78. The minimum Gasteiger partial charge on any atom is -0.333 e. The van der Waals surface area contributed by atoms with Crippen LogP contribution in [-0.4, -0.2) is 30.9 Å². The maximum absolute atomic E-state index is 11.7. The summed E-state index contributed by atoms with van der Waals surface area (Å²) in [7, 11) is 0. The molecule has 2 aromatic heterocycles. The van der Waals surface area contributed by atoms with Gasteiger partial charge < -0.3 is 4.57 Å². The van der Waals surface area contributed by atoms with E-state index in [-0.39, 0.29) is 16.4 Å². The minimum absolute atomic E-state index is 0.222. The highest BCUT2D eigenvalue weighted by Crippen LogP contribution is 2.24. The quantitative estimate of drug-likeness (QED) is 0.790. The molecular formula is C17H14N4O2S. The predicted octanol–water partition coefficient (Wildman–Crippen LogP) is 2.37. The number of imidazole rings is 1. The van der Waals surface area contributed by atoms with Gasteiger partial charge in [-0.15, -0.1) is 0 Å². The number of carbonyl (C=O) groups is 2. The number of fused-ring (bicyclic) bond motifs is 1. The van der Waals surface area contributed by atoms with Gasteiger partial charge in [0.05, 0.1) is 17.1 Å². The van der Waals surface area contributed by atoms with Crippen molar-refractivity contribution >= 4 is 33.8 Å². The van der Waals surface area contributed by atoms with Crippen LogP contribution in [0.2, 0.25) is 0 Å². The molecule has 1 aliphatic heterocycles. The van der Waals surface area contributed by atoms with Gasteiger partial charge in [-0.3, -0.25) is 19.9 Å². The van der Waals surface area contributed by atoms with Crippen molar-refractivity contribution in [2.45, 2.75) is 18.2 Å². The summed E-state index contributed by atoms with van der Waals surface area (Å²) in [5, 5.41) is 2.70. The van der Waals surface area contributed by atoms with Crippen molar-refractivity contribution in [3.05, 3.63) is 60.3 Å². The average Bonchev–Trinajstić information content (AvgIpc) is 3.17. The molecule has 0 bridgehead atoms. The smallest absolute Gasteiger partial charge is 0.286 e. The van der Waals surface area contributed by atoms with E-state index in [4.69, 9.17) is 0 Å². The van der Waals surface area contributed by atoms with Crippen LogP contribution in [0.25, 0.3) is 10.9 Å². The summed E-state index contributed by atoms with van der Waals surface area (Å²) in [4.78, 5) is 31.5. The van der Waals surface area contributed by atoms with E-state index in [1.807, 2.05) is 22.9 Å². The van der Waals surface area contributed by atoms with E-state index in [1.165, 1.54) is 0 Å². The molecule has 0 spiro atoms. The lowest BCUT2D eigenvalue weighted by molar-refractivity contribution is -0.118.